The zero-order valence-corrected chi connectivity index (χ0v) is 14.0. The highest BCUT2D eigenvalue weighted by Gasteiger charge is 2.07. The van der Waals surface area contributed by atoms with E-state index in [1.807, 2.05) is 30.3 Å². The molecule has 2 aromatic carbocycles. The lowest BCUT2D eigenvalue weighted by molar-refractivity contribution is 0.140. The number of benzene rings is 2. The molecule has 0 saturated carbocycles. The molecule has 0 saturated heterocycles. The summed E-state index contributed by atoms with van der Waals surface area (Å²) in [5.74, 6) is 0.543. The summed E-state index contributed by atoms with van der Waals surface area (Å²) in [7, 11) is 1.51. The monoisotopic (exact) mass is 352 g/mol. The zero-order valence-electron chi connectivity index (χ0n) is 14.0. The van der Waals surface area contributed by atoms with E-state index in [-0.39, 0.29) is 17.6 Å². The third-order valence-electron chi connectivity index (χ3n) is 3.58. The highest BCUT2D eigenvalue weighted by atomic mass is 16.6. The number of nitrogens with one attached hydrogen (secondary N) is 1. The van der Waals surface area contributed by atoms with Crippen molar-refractivity contribution < 1.29 is 18.7 Å². The van der Waals surface area contributed by atoms with Crippen LogP contribution in [0.5, 0.6) is 5.75 Å². The van der Waals surface area contributed by atoms with Crippen molar-refractivity contribution in [2.75, 3.05) is 7.11 Å². The molecule has 3 rings (SSSR count). The zero-order chi connectivity index (χ0) is 18.4. The number of hydrogen-bond acceptors (Lipinski definition) is 6. The van der Waals surface area contributed by atoms with E-state index < -0.39 is 6.09 Å². The summed E-state index contributed by atoms with van der Waals surface area (Å²) in [6.07, 6.45) is 1.75. The molecular formula is C19H16N2O5. The average molecular weight is 352 g/mol. The summed E-state index contributed by atoms with van der Waals surface area (Å²) in [6, 6.07) is 14.2. The third kappa shape index (κ3) is 4.07. The predicted octanol–water partition coefficient (Wildman–Crippen LogP) is 3.06. The predicted molar refractivity (Wildman–Crippen MR) is 96.4 cm³/mol. The molecule has 0 radical (unpaired) electrons. The minimum atomic E-state index is -0.725. The van der Waals surface area contributed by atoms with Crippen LogP contribution in [0.2, 0.25) is 0 Å². The van der Waals surface area contributed by atoms with Gasteiger partial charge in [0.25, 0.3) is 0 Å². The largest absolute Gasteiger partial charge is 0.497 e. The summed E-state index contributed by atoms with van der Waals surface area (Å²) < 4.78 is 15.5. The van der Waals surface area contributed by atoms with Gasteiger partial charge in [-0.05, 0) is 23.8 Å². The maximum Gasteiger partial charge on any atom is 0.428 e. The number of carbonyl (C=O) groups excluding carboxylic acids is 1. The molecule has 0 aliphatic heterocycles. The molecule has 1 heterocycles. The first-order chi connectivity index (χ1) is 12.7. The quantitative estimate of drug-likeness (QED) is 0.563. The molecule has 1 aromatic heterocycles. The molecule has 132 valence electrons. The van der Waals surface area contributed by atoms with Gasteiger partial charge in [-0.3, -0.25) is 4.79 Å². The third-order valence-corrected chi connectivity index (χ3v) is 3.58. The summed E-state index contributed by atoms with van der Waals surface area (Å²) in [5.41, 5.74) is 3.40. The van der Waals surface area contributed by atoms with E-state index in [1.54, 1.807) is 18.2 Å². The Balaban J connectivity index is 1.65. The van der Waals surface area contributed by atoms with E-state index >= 15 is 0 Å². The standard InChI is InChI=1S/C19H16N2O5/c1-24-15-7-8-17-16(9-15)18(22)14(12-25-17)10-20-21-19(23)26-11-13-5-3-2-4-6-13/h2-10,12H,11H2,1H3,(H,21,23)/b20-10+. The second-order valence-corrected chi connectivity index (χ2v) is 5.31. The van der Waals surface area contributed by atoms with Crippen LogP contribution in [0.1, 0.15) is 11.1 Å². The van der Waals surface area contributed by atoms with Crippen molar-refractivity contribution in [3.05, 3.63) is 76.1 Å². The second kappa shape index (κ2) is 7.98. The minimum absolute atomic E-state index is 0.125. The first-order valence-electron chi connectivity index (χ1n) is 7.76. The van der Waals surface area contributed by atoms with Crippen molar-refractivity contribution in [3.8, 4) is 5.75 Å². The first-order valence-corrected chi connectivity index (χ1v) is 7.76. The smallest absolute Gasteiger partial charge is 0.428 e. The van der Waals surface area contributed by atoms with Gasteiger partial charge in [-0.15, -0.1) is 0 Å². The molecule has 0 fully saturated rings. The van der Waals surface area contributed by atoms with Crippen LogP contribution in [0.3, 0.4) is 0 Å². The van der Waals surface area contributed by atoms with E-state index in [1.165, 1.54) is 19.6 Å². The Labute approximate surface area is 148 Å². The second-order valence-electron chi connectivity index (χ2n) is 5.31. The van der Waals surface area contributed by atoms with Crippen molar-refractivity contribution >= 4 is 23.3 Å². The normalized spacial score (nSPS) is 10.8. The Morgan fingerprint density at radius 2 is 2.04 bits per heavy atom. The SMILES string of the molecule is COc1ccc2occ(/C=N/NC(=O)OCc3ccccc3)c(=O)c2c1. The Morgan fingerprint density at radius 3 is 2.81 bits per heavy atom. The molecule has 26 heavy (non-hydrogen) atoms. The molecule has 1 amide bonds. The lowest BCUT2D eigenvalue weighted by atomic mass is 10.2. The van der Waals surface area contributed by atoms with Gasteiger partial charge < -0.3 is 13.9 Å². The number of ether oxygens (including phenoxy) is 2. The fraction of sp³-hybridized carbons (Fsp3) is 0.105. The number of hydrogen-bond donors (Lipinski definition) is 1. The van der Waals surface area contributed by atoms with Crippen LogP contribution in [-0.4, -0.2) is 19.4 Å². The van der Waals surface area contributed by atoms with Crippen molar-refractivity contribution in [2.45, 2.75) is 6.61 Å². The minimum Gasteiger partial charge on any atom is -0.497 e. The van der Waals surface area contributed by atoms with E-state index in [0.29, 0.717) is 16.7 Å². The summed E-state index contributed by atoms with van der Waals surface area (Å²) in [6.45, 7) is 0.125. The number of carbonyl (C=O) groups is 1. The van der Waals surface area contributed by atoms with E-state index in [9.17, 15) is 9.59 Å². The van der Waals surface area contributed by atoms with Crippen LogP contribution in [0, 0.1) is 0 Å². The number of nitrogens with zero attached hydrogens (tertiary/aromatic N) is 1. The number of rotatable bonds is 5. The molecular weight excluding hydrogens is 336 g/mol. The fourth-order valence-electron chi connectivity index (χ4n) is 2.25. The molecule has 7 nitrogen and oxygen atoms in total. The van der Waals surface area contributed by atoms with Crippen LogP contribution in [0.15, 0.2) is 69.1 Å². The lowest BCUT2D eigenvalue weighted by Gasteiger charge is -2.03. The maximum absolute atomic E-state index is 12.4. The Hall–Kier alpha value is -3.61. The lowest BCUT2D eigenvalue weighted by Crippen LogP contribution is -2.19. The highest BCUT2D eigenvalue weighted by molar-refractivity contribution is 5.87. The Morgan fingerprint density at radius 1 is 1.23 bits per heavy atom. The summed E-state index contributed by atoms with van der Waals surface area (Å²) in [5, 5.41) is 4.08. The highest BCUT2D eigenvalue weighted by Crippen LogP contribution is 2.18. The molecule has 0 atom stereocenters. The van der Waals surface area contributed by atoms with Gasteiger partial charge in [0.15, 0.2) is 0 Å². The molecule has 0 aliphatic rings. The van der Waals surface area contributed by atoms with Crippen molar-refractivity contribution in [3.63, 3.8) is 0 Å². The van der Waals surface area contributed by atoms with Crippen molar-refractivity contribution in [1.82, 2.24) is 5.43 Å². The Kier molecular flexibility index (Phi) is 5.28. The van der Waals surface area contributed by atoms with Gasteiger partial charge >= 0.3 is 6.09 Å². The van der Waals surface area contributed by atoms with Gasteiger partial charge in [-0.2, -0.15) is 5.10 Å². The number of amides is 1. The Bertz CT molecular complexity index is 996. The van der Waals surface area contributed by atoms with Gasteiger partial charge in [-0.25, -0.2) is 10.2 Å². The van der Waals surface area contributed by atoms with E-state index in [4.69, 9.17) is 13.9 Å². The van der Waals surface area contributed by atoms with Gasteiger partial charge in [0.05, 0.1) is 24.3 Å². The van der Waals surface area contributed by atoms with Gasteiger partial charge in [0.1, 0.15) is 24.2 Å². The van der Waals surface area contributed by atoms with Crippen LogP contribution < -0.4 is 15.6 Å². The van der Waals surface area contributed by atoms with Crippen LogP contribution in [0.4, 0.5) is 4.79 Å². The van der Waals surface area contributed by atoms with Crippen LogP contribution in [-0.2, 0) is 11.3 Å². The van der Waals surface area contributed by atoms with E-state index in [0.717, 1.165) is 5.56 Å². The first kappa shape index (κ1) is 17.2. The number of hydrazone groups is 1. The number of methoxy groups -OCH3 is 1. The fourth-order valence-corrected chi connectivity index (χ4v) is 2.25. The van der Waals surface area contributed by atoms with Gasteiger partial charge in [-0.1, -0.05) is 30.3 Å². The van der Waals surface area contributed by atoms with Crippen molar-refractivity contribution in [1.29, 1.82) is 0 Å². The van der Waals surface area contributed by atoms with Crippen molar-refractivity contribution in [2.24, 2.45) is 5.10 Å². The van der Waals surface area contributed by atoms with Gasteiger partial charge in [0.2, 0.25) is 5.43 Å². The van der Waals surface area contributed by atoms with Crippen LogP contribution in [0.25, 0.3) is 11.0 Å². The molecule has 0 unspecified atom stereocenters. The maximum atomic E-state index is 12.4. The molecule has 7 heteroatoms. The molecule has 1 N–H and O–H groups in total. The topological polar surface area (TPSA) is 90.1 Å². The molecule has 3 aromatic rings. The average Bonchev–Trinajstić information content (AvgIpc) is 2.69. The number of fused-ring (bicyclic) bond motifs is 1. The molecule has 0 spiro atoms. The molecule has 0 bridgehead atoms. The molecule has 0 aliphatic carbocycles. The van der Waals surface area contributed by atoms with Crippen LogP contribution >= 0.6 is 0 Å². The van der Waals surface area contributed by atoms with E-state index in [2.05, 4.69) is 10.5 Å². The summed E-state index contributed by atoms with van der Waals surface area (Å²) in [4.78, 5) is 24.1. The van der Waals surface area contributed by atoms with Gasteiger partial charge in [0, 0.05) is 0 Å². The summed E-state index contributed by atoms with van der Waals surface area (Å²) >= 11 is 0.